The molecule has 17 heavy (non-hydrogen) atoms. The van der Waals surface area contributed by atoms with Crippen LogP contribution in [-0.4, -0.2) is 52.4 Å². The number of nitrogens with zero attached hydrogens (tertiary/aromatic N) is 3. The van der Waals surface area contributed by atoms with Crippen LogP contribution in [0.15, 0.2) is 12.1 Å². The van der Waals surface area contributed by atoms with E-state index < -0.39 is 5.97 Å². The predicted molar refractivity (Wildman–Crippen MR) is 65.2 cm³/mol. The Morgan fingerprint density at radius 2 is 2.18 bits per heavy atom. The summed E-state index contributed by atoms with van der Waals surface area (Å²) in [6, 6.07) is 3.55. The van der Waals surface area contributed by atoms with Crippen molar-refractivity contribution in [2.24, 2.45) is 0 Å². The molecule has 0 amide bonds. The van der Waals surface area contributed by atoms with Gasteiger partial charge in [-0.15, -0.1) is 10.2 Å². The Balaban J connectivity index is 2.40. The number of aromatic carboxylic acids is 1. The van der Waals surface area contributed by atoms with Gasteiger partial charge in [-0.3, -0.25) is 0 Å². The summed E-state index contributed by atoms with van der Waals surface area (Å²) in [5, 5.41) is 19.1. The zero-order chi connectivity index (χ0) is 12.8. The highest BCUT2D eigenvalue weighted by Crippen LogP contribution is 2.02. The van der Waals surface area contributed by atoms with Crippen LogP contribution in [0, 0.1) is 0 Å². The van der Waals surface area contributed by atoms with E-state index in [2.05, 4.69) is 34.3 Å². The normalized spacial score (nSPS) is 10.9. The molecule has 0 saturated heterocycles. The van der Waals surface area contributed by atoms with Gasteiger partial charge in [-0.2, -0.15) is 0 Å². The van der Waals surface area contributed by atoms with Gasteiger partial charge in [0.1, 0.15) is 5.82 Å². The molecule has 0 radical (unpaired) electrons. The lowest BCUT2D eigenvalue weighted by Crippen LogP contribution is -2.31. The first-order chi connectivity index (χ1) is 8.00. The molecule has 6 heteroatoms. The van der Waals surface area contributed by atoms with Crippen molar-refractivity contribution in [2.75, 3.05) is 25.5 Å². The van der Waals surface area contributed by atoms with Gasteiger partial charge in [0.05, 0.1) is 0 Å². The maximum absolute atomic E-state index is 10.6. The lowest BCUT2D eigenvalue weighted by atomic mass is 10.3. The molecule has 0 saturated carbocycles. The second-order valence-electron chi connectivity index (χ2n) is 4.11. The fraction of sp³-hybridized carbons (Fsp3) is 0.545. The first kappa shape index (κ1) is 13.4. The van der Waals surface area contributed by atoms with E-state index in [4.69, 9.17) is 5.11 Å². The van der Waals surface area contributed by atoms with Crippen LogP contribution in [0.5, 0.6) is 0 Å². The predicted octanol–water partition coefficient (Wildman–Crippen LogP) is 0.927. The van der Waals surface area contributed by atoms with Crippen LogP contribution in [0.1, 0.15) is 24.3 Å². The van der Waals surface area contributed by atoms with Crippen LogP contribution >= 0.6 is 0 Å². The molecule has 0 aliphatic rings. The summed E-state index contributed by atoms with van der Waals surface area (Å²) in [6.45, 7) is 5.89. The zero-order valence-corrected chi connectivity index (χ0v) is 10.3. The van der Waals surface area contributed by atoms with Gasteiger partial charge in [0, 0.05) is 19.1 Å². The van der Waals surface area contributed by atoms with Gasteiger partial charge in [-0.05, 0) is 33.0 Å². The Morgan fingerprint density at radius 1 is 1.47 bits per heavy atom. The highest BCUT2D eigenvalue weighted by Gasteiger charge is 2.05. The molecule has 0 unspecified atom stereocenters. The van der Waals surface area contributed by atoms with Gasteiger partial charge < -0.3 is 15.3 Å². The number of carboxylic acid groups (broad SMARTS) is 1. The van der Waals surface area contributed by atoms with E-state index in [1.807, 2.05) is 7.05 Å². The number of carboxylic acids is 1. The topological polar surface area (TPSA) is 78.4 Å². The van der Waals surface area contributed by atoms with E-state index in [0.717, 1.165) is 13.1 Å². The van der Waals surface area contributed by atoms with E-state index in [0.29, 0.717) is 11.9 Å². The number of hydrogen-bond donors (Lipinski definition) is 2. The molecule has 0 spiro atoms. The van der Waals surface area contributed by atoms with Crippen molar-refractivity contribution in [1.82, 2.24) is 15.1 Å². The Labute approximate surface area is 101 Å². The third kappa shape index (κ3) is 4.36. The quantitative estimate of drug-likeness (QED) is 0.767. The van der Waals surface area contributed by atoms with Gasteiger partial charge >= 0.3 is 5.97 Å². The highest BCUT2D eigenvalue weighted by atomic mass is 16.4. The number of likely N-dealkylation sites (N-methyl/N-ethyl adjacent to an activating group) is 1. The Kier molecular flexibility index (Phi) is 4.84. The van der Waals surface area contributed by atoms with E-state index in [9.17, 15) is 4.79 Å². The molecule has 1 aromatic heterocycles. The van der Waals surface area contributed by atoms with Crippen molar-refractivity contribution in [3.05, 3.63) is 17.8 Å². The Hall–Kier alpha value is -1.69. The van der Waals surface area contributed by atoms with Gasteiger partial charge in [0.25, 0.3) is 0 Å². The average molecular weight is 238 g/mol. The molecule has 0 aliphatic heterocycles. The maximum Gasteiger partial charge on any atom is 0.356 e. The molecule has 0 fully saturated rings. The fourth-order valence-corrected chi connectivity index (χ4v) is 1.16. The molecule has 2 N–H and O–H groups in total. The minimum absolute atomic E-state index is 0.0464. The smallest absolute Gasteiger partial charge is 0.356 e. The van der Waals surface area contributed by atoms with Crippen molar-refractivity contribution in [3.63, 3.8) is 0 Å². The van der Waals surface area contributed by atoms with Crippen molar-refractivity contribution in [3.8, 4) is 0 Å². The fourth-order valence-electron chi connectivity index (χ4n) is 1.16. The SMILES string of the molecule is CC(C)N(C)CCNc1ccc(C(=O)O)nn1. The zero-order valence-electron chi connectivity index (χ0n) is 10.3. The van der Waals surface area contributed by atoms with Crippen LogP contribution in [0.4, 0.5) is 5.82 Å². The second-order valence-corrected chi connectivity index (χ2v) is 4.11. The number of rotatable bonds is 6. The third-order valence-corrected chi connectivity index (χ3v) is 2.54. The molecule has 0 aliphatic carbocycles. The van der Waals surface area contributed by atoms with Crippen molar-refractivity contribution in [2.45, 2.75) is 19.9 Å². The van der Waals surface area contributed by atoms with Crippen LogP contribution < -0.4 is 5.32 Å². The van der Waals surface area contributed by atoms with E-state index in [-0.39, 0.29) is 5.69 Å². The number of nitrogens with one attached hydrogen (secondary N) is 1. The van der Waals surface area contributed by atoms with Crippen LogP contribution in [0.2, 0.25) is 0 Å². The molecule has 1 heterocycles. The molecule has 6 nitrogen and oxygen atoms in total. The summed E-state index contributed by atoms with van der Waals surface area (Å²) in [5.41, 5.74) is -0.0464. The van der Waals surface area contributed by atoms with Gasteiger partial charge in [-0.1, -0.05) is 0 Å². The van der Waals surface area contributed by atoms with E-state index >= 15 is 0 Å². The van der Waals surface area contributed by atoms with Crippen LogP contribution in [-0.2, 0) is 0 Å². The maximum atomic E-state index is 10.6. The molecule has 0 atom stereocenters. The number of carbonyl (C=O) groups is 1. The standard InChI is InChI=1S/C11H18N4O2/c1-8(2)15(3)7-6-12-10-5-4-9(11(16)17)13-14-10/h4-5,8H,6-7H2,1-3H3,(H,12,14)(H,16,17). The van der Waals surface area contributed by atoms with E-state index in [1.165, 1.54) is 6.07 Å². The molecule has 1 aromatic rings. The summed E-state index contributed by atoms with van der Waals surface area (Å²) >= 11 is 0. The molecule has 94 valence electrons. The van der Waals surface area contributed by atoms with Gasteiger partial charge in [-0.25, -0.2) is 4.79 Å². The molecule has 1 rings (SSSR count). The first-order valence-electron chi connectivity index (χ1n) is 5.52. The van der Waals surface area contributed by atoms with Gasteiger partial charge in [0.15, 0.2) is 5.69 Å². The lowest BCUT2D eigenvalue weighted by molar-refractivity contribution is 0.0689. The second kappa shape index (κ2) is 6.15. The molecular weight excluding hydrogens is 220 g/mol. The monoisotopic (exact) mass is 238 g/mol. The summed E-state index contributed by atoms with van der Waals surface area (Å²) in [6.07, 6.45) is 0. The largest absolute Gasteiger partial charge is 0.476 e. The van der Waals surface area contributed by atoms with Crippen molar-refractivity contribution >= 4 is 11.8 Å². The summed E-state index contributed by atoms with van der Waals surface area (Å²) in [4.78, 5) is 12.8. The van der Waals surface area contributed by atoms with Crippen LogP contribution in [0.25, 0.3) is 0 Å². The van der Waals surface area contributed by atoms with Crippen molar-refractivity contribution in [1.29, 1.82) is 0 Å². The minimum Gasteiger partial charge on any atom is -0.476 e. The number of hydrogen-bond acceptors (Lipinski definition) is 5. The summed E-state index contributed by atoms with van der Waals surface area (Å²) < 4.78 is 0. The Morgan fingerprint density at radius 3 is 2.65 bits per heavy atom. The molecular formula is C11H18N4O2. The molecule has 0 aromatic carbocycles. The Bertz CT molecular complexity index is 364. The first-order valence-corrected chi connectivity index (χ1v) is 5.52. The average Bonchev–Trinajstić information content (AvgIpc) is 2.29. The third-order valence-electron chi connectivity index (χ3n) is 2.54. The number of anilines is 1. The minimum atomic E-state index is -1.07. The van der Waals surface area contributed by atoms with Gasteiger partial charge in [0.2, 0.25) is 0 Å². The van der Waals surface area contributed by atoms with Crippen LogP contribution in [0.3, 0.4) is 0 Å². The highest BCUT2D eigenvalue weighted by molar-refractivity contribution is 5.85. The summed E-state index contributed by atoms with van der Waals surface area (Å²) in [7, 11) is 2.05. The van der Waals surface area contributed by atoms with Crippen molar-refractivity contribution < 1.29 is 9.90 Å². The van der Waals surface area contributed by atoms with E-state index in [1.54, 1.807) is 6.07 Å². The lowest BCUT2D eigenvalue weighted by Gasteiger charge is -2.20. The summed E-state index contributed by atoms with van der Waals surface area (Å²) in [5.74, 6) is -0.476. The number of aromatic nitrogens is 2. The molecule has 0 bridgehead atoms.